The third kappa shape index (κ3) is 4.54. The third-order valence-corrected chi connectivity index (χ3v) is 9.83. The van der Waals surface area contributed by atoms with Crippen molar-refractivity contribution in [2.24, 2.45) is 0 Å². The van der Waals surface area contributed by atoms with Gasteiger partial charge in [0, 0.05) is 18.9 Å². The zero-order valence-electron chi connectivity index (χ0n) is 14.1. The number of nitrogens with one attached hydrogen (secondary N) is 1. The minimum atomic E-state index is -3.95. The number of hydrogen-bond donors (Lipinski definition) is 1. The molecule has 1 saturated heterocycles. The standard InChI is InChI=1S/C16H18N2O6S3/c19-25(20)8-6-16(12-25)26(21,22)14-4-1-5-15(9-14)27(23,24)18-11-13-3-2-7-17-10-13/h1-5,7,9-10,16,18H,6,8,11-12H2/t16-/m0/s1. The molecule has 146 valence electrons. The predicted octanol–water partition coefficient (Wildman–Crippen LogP) is 0.521. The van der Waals surface area contributed by atoms with Gasteiger partial charge in [-0.25, -0.2) is 30.0 Å². The number of rotatable bonds is 6. The normalized spacial score (nSPS) is 19.8. The first-order valence-electron chi connectivity index (χ1n) is 8.03. The summed E-state index contributed by atoms with van der Waals surface area (Å²) in [5.74, 6) is -0.618. The number of nitrogens with zero attached hydrogens (tertiary/aromatic N) is 1. The lowest BCUT2D eigenvalue weighted by atomic mass is 10.3. The Bertz CT molecular complexity index is 1140. The van der Waals surface area contributed by atoms with Gasteiger partial charge in [0.05, 0.1) is 26.5 Å². The van der Waals surface area contributed by atoms with Crippen LogP contribution < -0.4 is 4.72 Å². The summed E-state index contributed by atoms with van der Waals surface area (Å²) in [6, 6.07) is 8.33. The predicted molar refractivity (Wildman–Crippen MR) is 98.9 cm³/mol. The van der Waals surface area contributed by atoms with Crippen molar-refractivity contribution in [1.82, 2.24) is 9.71 Å². The number of pyridine rings is 1. The van der Waals surface area contributed by atoms with Gasteiger partial charge in [-0.1, -0.05) is 12.1 Å². The molecule has 2 aromatic rings. The molecule has 1 aromatic carbocycles. The fraction of sp³-hybridized carbons (Fsp3) is 0.312. The molecule has 0 amide bonds. The average Bonchev–Trinajstić information content (AvgIpc) is 3.02. The summed E-state index contributed by atoms with van der Waals surface area (Å²) < 4.78 is 75.9. The molecule has 0 aliphatic carbocycles. The molecule has 2 heterocycles. The molecule has 0 unspecified atom stereocenters. The van der Waals surface area contributed by atoms with Crippen LogP contribution in [0.5, 0.6) is 0 Å². The van der Waals surface area contributed by atoms with Crippen molar-refractivity contribution in [1.29, 1.82) is 0 Å². The van der Waals surface area contributed by atoms with Gasteiger partial charge in [-0.2, -0.15) is 0 Å². The van der Waals surface area contributed by atoms with E-state index in [2.05, 4.69) is 9.71 Å². The maximum absolute atomic E-state index is 12.7. The second-order valence-corrected chi connectivity index (χ2v) is 12.5. The van der Waals surface area contributed by atoms with Crippen molar-refractivity contribution in [3.63, 3.8) is 0 Å². The van der Waals surface area contributed by atoms with Crippen LogP contribution in [0.2, 0.25) is 0 Å². The molecule has 0 bridgehead atoms. The summed E-state index contributed by atoms with van der Waals surface area (Å²) in [6.45, 7) is 0.00796. The first-order chi connectivity index (χ1) is 12.6. The molecule has 3 rings (SSSR count). The minimum Gasteiger partial charge on any atom is -0.264 e. The van der Waals surface area contributed by atoms with Crippen LogP contribution in [0.4, 0.5) is 0 Å². The van der Waals surface area contributed by atoms with E-state index in [4.69, 9.17) is 0 Å². The van der Waals surface area contributed by atoms with Crippen LogP contribution in [0.25, 0.3) is 0 Å². The van der Waals surface area contributed by atoms with Crippen LogP contribution in [0.15, 0.2) is 58.6 Å². The summed E-state index contributed by atoms with van der Waals surface area (Å²) in [6.07, 6.45) is 3.10. The van der Waals surface area contributed by atoms with Crippen LogP contribution in [-0.4, -0.2) is 47.0 Å². The van der Waals surface area contributed by atoms with Crippen molar-refractivity contribution >= 4 is 29.7 Å². The van der Waals surface area contributed by atoms with E-state index < -0.39 is 40.7 Å². The number of benzene rings is 1. The van der Waals surface area contributed by atoms with Crippen molar-refractivity contribution < 1.29 is 25.3 Å². The molecule has 1 aliphatic rings. The molecule has 0 saturated carbocycles. The van der Waals surface area contributed by atoms with Gasteiger partial charge in [0.1, 0.15) is 0 Å². The first kappa shape index (κ1) is 19.9. The highest BCUT2D eigenvalue weighted by atomic mass is 32.2. The number of sulfone groups is 2. The van der Waals surface area contributed by atoms with Crippen LogP contribution in [-0.2, 0) is 36.2 Å². The highest BCUT2D eigenvalue weighted by Gasteiger charge is 2.38. The van der Waals surface area contributed by atoms with Gasteiger partial charge in [0.25, 0.3) is 0 Å². The summed E-state index contributed by atoms with van der Waals surface area (Å²) in [4.78, 5) is 3.50. The fourth-order valence-electron chi connectivity index (χ4n) is 2.78. The van der Waals surface area contributed by atoms with Crippen molar-refractivity contribution in [2.75, 3.05) is 11.5 Å². The Morgan fingerprint density at radius 1 is 1.07 bits per heavy atom. The van der Waals surface area contributed by atoms with Gasteiger partial charge in [0.15, 0.2) is 19.7 Å². The van der Waals surface area contributed by atoms with E-state index in [-0.39, 0.29) is 28.5 Å². The van der Waals surface area contributed by atoms with Gasteiger partial charge in [-0.05, 0) is 36.2 Å². The largest absolute Gasteiger partial charge is 0.264 e. The lowest BCUT2D eigenvalue weighted by Gasteiger charge is -2.12. The van der Waals surface area contributed by atoms with Gasteiger partial charge in [0.2, 0.25) is 10.0 Å². The van der Waals surface area contributed by atoms with Crippen molar-refractivity contribution in [3.05, 3.63) is 54.4 Å². The van der Waals surface area contributed by atoms with Gasteiger partial charge in [-0.3, -0.25) is 4.98 Å². The van der Waals surface area contributed by atoms with Crippen molar-refractivity contribution in [3.8, 4) is 0 Å². The Hall–Kier alpha value is -1.82. The maximum Gasteiger partial charge on any atom is 0.240 e. The number of aromatic nitrogens is 1. The lowest BCUT2D eigenvalue weighted by Crippen LogP contribution is -2.25. The molecule has 1 aliphatic heterocycles. The zero-order valence-corrected chi connectivity index (χ0v) is 16.6. The summed E-state index contributed by atoms with van der Waals surface area (Å²) in [5, 5.41) is -1.05. The molecule has 8 nitrogen and oxygen atoms in total. The molecule has 27 heavy (non-hydrogen) atoms. The second-order valence-electron chi connectivity index (χ2n) is 6.23. The molecule has 0 spiro atoms. The molecule has 1 fully saturated rings. The summed E-state index contributed by atoms with van der Waals surface area (Å²) >= 11 is 0. The topological polar surface area (TPSA) is 127 Å². The Balaban J connectivity index is 1.84. The molecule has 11 heteroatoms. The summed E-state index contributed by atoms with van der Waals surface area (Å²) in [7, 11) is -11.3. The van der Waals surface area contributed by atoms with E-state index in [0.717, 1.165) is 6.07 Å². The minimum absolute atomic E-state index is 0.00796. The smallest absolute Gasteiger partial charge is 0.240 e. The molecule has 0 radical (unpaired) electrons. The van der Waals surface area contributed by atoms with E-state index in [1.165, 1.54) is 24.4 Å². The lowest BCUT2D eigenvalue weighted by molar-refractivity contribution is 0.579. The first-order valence-corrected chi connectivity index (χ1v) is 12.9. The highest BCUT2D eigenvalue weighted by Crippen LogP contribution is 2.26. The quantitative estimate of drug-likeness (QED) is 0.708. The van der Waals surface area contributed by atoms with Crippen molar-refractivity contribution in [2.45, 2.75) is 28.0 Å². The molecule has 1 atom stereocenters. The SMILES string of the molecule is O=S1(=O)CC[C@H](S(=O)(=O)c2cccc(S(=O)(=O)NCc3cccnc3)c2)C1. The third-order valence-electron chi connectivity index (χ3n) is 4.26. The monoisotopic (exact) mass is 430 g/mol. The summed E-state index contributed by atoms with van der Waals surface area (Å²) in [5.41, 5.74) is 0.654. The Morgan fingerprint density at radius 3 is 2.44 bits per heavy atom. The second kappa shape index (κ2) is 7.30. The highest BCUT2D eigenvalue weighted by molar-refractivity contribution is 7.96. The van der Waals surface area contributed by atoms with Gasteiger partial charge in [-0.15, -0.1) is 0 Å². The average molecular weight is 431 g/mol. The Labute approximate surface area is 158 Å². The number of sulfonamides is 1. The van der Waals surface area contributed by atoms with E-state index in [9.17, 15) is 25.3 Å². The van der Waals surface area contributed by atoms with E-state index in [0.29, 0.717) is 5.56 Å². The fourth-order valence-corrected chi connectivity index (χ4v) is 8.32. The molecule has 1 aromatic heterocycles. The Morgan fingerprint density at radius 2 is 1.81 bits per heavy atom. The van der Waals surface area contributed by atoms with Crippen LogP contribution in [0.1, 0.15) is 12.0 Å². The van der Waals surface area contributed by atoms with E-state index in [1.807, 2.05) is 0 Å². The Kier molecular flexibility index (Phi) is 5.39. The van der Waals surface area contributed by atoms with Gasteiger partial charge >= 0.3 is 0 Å². The maximum atomic E-state index is 12.7. The van der Waals surface area contributed by atoms with Crippen LogP contribution in [0, 0.1) is 0 Å². The molecular weight excluding hydrogens is 412 g/mol. The molecular formula is C16H18N2O6S3. The van der Waals surface area contributed by atoms with Crippen LogP contribution in [0.3, 0.4) is 0 Å². The van der Waals surface area contributed by atoms with E-state index in [1.54, 1.807) is 18.3 Å². The van der Waals surface area contributed by atoms with Crippen LogP contribution >= 0.6 is 0 Å². The van der Waals surface area contributed by atoms with Gasteiger partial charge < -0.3 is 0 Å². The number of hydrogen-bond acceptors (Lipinski definition) is 7. The zero-order chi connectivity index (χ0) is 19.7. The molecule has 1 N–H and O–H groups in total. The van der Waals surface area contributed by atoms with E-state index >= 15 is 0 Å².